The van der Waals surface area contributed by atoms with E-state index in [1.165, 1.54) is 23.9 Å². The minimum absolute atomic E-state index is 0.0257. The highest BCUT2D eigenvalue weighted by Crippen LogP contribution is 2.40. The van der Waals surface area contributed by atoms with E-state index >= 15 is 0 Å². The smallest absolute Gasteiger partial charge is 0.209 e. The molecule has 1 aliphatic rings. The number of rotatable bonds is 7. The molecule has 0 saturated heterocycles. The monoisotopic (exact) mass is 419 g/mol. The van der Waals surface area contributed by atoms with E-state index in [9.17, 15) is 8.42 Å². The molecular formula is C19H18ClN3O2S2. The van der Waals surface area contributed by atoms with Crippen LogP contribution in [0, 0.1) is 0 Å². The van der Waals surface area contributed by atoms with Gasteiger partial charge in [0.15, 0.2) is 9.84 Å². The highest BCUT2D eigenvalue weighted by atomic mass is 35.5. The van der Waals surface area contributed by atoms with Crippen molar-refractivity contribution in [1.29, 1.82) is 0 Å². The van der Waals surface area contributed by atoms with Gasteiger partial charge in [0.25, 0.3) is 0 Å². The lowest BCUT2D eigenvalue weighted by Gasteiger charge is -2.04. The van der Waals surface area contributed by atoms with Gasteiger partial charge in [-0.15, -0.1) is 5.10 Å². The molecule has 0 atom stereocenters. The molecular weight excluding hydrogens is 402 g/mol. The fourth-order valence-corrected chi connectivity index (χ4v) is 5.34. The first-order valence-corrected chi connectivity index (χ1v) is 11.7. The minimum Gasteiger partial charge on any atom is -0.224 e. The summed E-state index contributed by atoms with van der Waals surface area (Å²) < 4.78 is 26.8. The summed E-state index contributed by atoms with van der Waals surface area (Å²) in [6, 6.07) is 16.2. The van der Waals surface area contributed by atoms with Gasteiger partial charge in [-0.25, -0.2) is 18.1 Å². The molecule has 1 heterocycles. The Morgan fingerprint density at radius 3 is 2.44 bits per heavy atom. The number of aromatic nitrogens is 3. The molecule has 0 spiro atoms. The predicted molar refractivity (Wildman–Crippen MR) is 108 cm³/mol. The van der Waals surface area contributed by atoms with Crippen molar-refractivity contribution in [2.75, 3.05) is 11.5 Å². The lowest BCUT2D eigenvalue weighted by atomic mass is 10.3. The normalized spacial score (nSPS) is 14.4. The van der Waals surface area contributed by atoms with Crippen molar-refractivity contribution in [3.8, 4) is 5.69 Å². The van der Waals surface area contributed by atoms with Crippen LogP contribution in [0.5, 0.6) is 0 Å². The van der Waals surface area contributed by atoms with Crippen molar-refractivity contribution in [1.82, 2.24) is 14.8 Å². The molecule has 27 heavy (non-hydrogen) atoms. The van der Waals surface area contributed by atoms with Gasteiger partial charge in [0.05, 0.1) is 16.3 Å². The van der Waals surface area contributed by atoms with Crippen molar-refractivity contribution in [2.24, 2.45) is 0 Å². The molecule has 140 valence electrons. The molecule has 8 heteroatoms. The third-order valence-corrected chi connectivity index (χ3v) is 7.39. The van der Waals surface area contributed by atoms with E-state index in [-0.39, 0.29) is 10.6 Å². The second-order valence-corrected chi connectivity index (χ2v) is 10.0. The van der Waals surface area contributed by atoms with Gasteiger partial charge in [-0.1, -0.05) is 41.6 Å². The Morgan fingerprint density at radius 1 is 1.07 bits per heavy atom. The molecule has 0 amide bonds. The molecule has 3 aromatic rings. The number of hydrogen-bond donors (Lipinski definition) is 0. The molecule has 1 aliphatic carbocycles. The van der Waals surface area contributed by atoms with E-state index in [0.29, 0.717) is 21.8 Å². The molecule has 5 nitrogen and oxygen atoms in total. The van der Waals surface area contributed by atoms with Crippen LogP contribution in [0.25, 0.3) is 5.69 Å². The van der Waals surface area contributed by atoms with E-state index in [1.807, 2.05) is 35.0 Å². The second-order valence-electron chi connectivity index (χ2n) is 6.40. The van der Waals surface area contributed by atoms with Crippen molar-refractivity contribution >= 4 is 33.2 Å². The SMILES string of the molecule is O=S(=O)(CCSc1nc(C2CC2)n(-c2ccccc2)n1)c1ccc(Cl)cc1. The van der Waals surface area contributed by atoms with Crippen LogP contribution in [0.4, 0.5) is 0 Å². The largest absolute Gasteiger partial charge is 0.224 e. The third kappa shape index (κ3) is 4.36. The maximum Gasteiger partial charge on any atom is 0.209 e. The quantitative estimate of drug-likeness (QED) is 0.532. The number of para-hydroxylation sites is 1. The first kappa shape index (κ1) is 18.5. The topological polar surface area (TPSA) is 64.8 Å². The maximum atomic E-state index is 12.4. The lowest BCUT2D eigenvalue weighted by molar-refractivity contribution is 0.597. The summed E-state index contributed by atoms with van der Waals surface area (Å²) in [5.41, 5.74) is 0.979. The third-order valence-electron chi connectivity index (χ3n) is 4.31. The molecule has 0 radical (unpaired) electrons. The molecule has 1 aromatic heterocycles. The van der Waals surface area contributed by atoms with Gasteiger partial charge in [0, 0.05) is 16.7 Å². The van der Waals surface area contributed by atoms with E-state index in [0.717, 1.165) is 24.4 Å². The van der Waals surface area contributed by atoms with Gasteiger partial charge in [0.1, 0.15) is 5.82 Å². The minimum atomic E-state index is -3.35. The van der Waals surface area contributed by atoms with E-state index in [1.54, 1.807) is 12.1 Å². The summed E-state index contributed by atoms with van der Waals surface area (Å²) in [7, 11) is -3.35. The highest BCUT2D eigenvalue weighted by molar-refractivity contribution is 8.00. The van der Waals surface area contributed by atoms with Crippen LogP contribution in [0.2, 0.25) is 5.02 Å². The van der Waals surface area contributed by atoms with Crippen LogP contribution in [-0.2, 0) is 9.84 Å². The van der Waals surface area contributed by atoms with Crippen LogP contribution >= 0.6 is 23.4 Å². The van der Waals surface area contributed by atoms with Crippen LogP contribution in [0.3, 0.4) is 0 Å². The van der Waals surface area contributed by atoms with Gasteiger partial charge >= 0.3 is 0 Å². The van der Waals surface area contributed by atoms with Gasteiger partial charge < -0.3 is 0 Å². The van der Waals surface area contributed by atoms with Gasteiger partial charge in [-0.05, 0) is 49.2 Å². The molecule has 1 fully saturated rings. The zero-order valence-corrected chi connectivity index (χ0v) is 16.8. The summed E-state index contributed by atoms with van der Waals surface area (Å²) in [6.45, 7) is 0. The molecule has 4 rings (SSSR count). The zero-order valence-electron chi connectivity index (χ0n) is 14.5. The molecule has 2 aromatic carbocycles. The Kier molecular flexibility index (Phi) is 5.25. The van der Waals surface area contributed by atoms with Gasteiger partial charge in [-0.2, -0.15) is 0 Å². The van der Waals surface area contributed by atoms with Crippen molar-refractivity contribution < 1.29 is 8.42 Å². The molecule has 1 saturated carbocycles. The summed E-state index contributed by atoms with van der Waals surface area (Å²) in [6.07, 6.45) is 2.25. The second kappa shape index (κ2) is 7.66. The lowest BCUT2D eigenvalue weighted by Crippen LogP contribution is -2.08. The number of sulfone groups is 1. The highest BCUT2D eigenvalue weighted by Gasteiger charge is 2.30. The predicted octanol–water partition coefficient (Wildman–Crippen LogP) is 4.36. The van der Waals surface area contributed by atoms with Crippen molar-refractivity contribution in [2.45, 2.75) is 28.8 Å². The summed E-state index contributed by atoms with van der Waals surface area (Å²) in [5.74, 6) is 1.83. The van der Waals surface area contributed by atoms with E-state index in [2.05, 4.69) is 10.1 Å². The number of nitrogens with zero attached hydrogens (tertiary/aromatic N) is 3. The average Bonchev–Trinajstić information content (AvgIpc) is 3.43. The Morgan fingerprint density at radius 2 is 1.78 bits per heavy atom. The maximum absolute atomic E-state index is 12.4. The molecule has 0 bridgehead atoms. The number of benzene rings is 2. The summed E-state index contributed by atoms with van der Waals surface area (Å²) >= 11 is 7.20. The standard InChI is InChI=1S/C19H18ClN3O2S2/c20-15-8-10-17(11-9-15)27(24,25)13-12-26-19-21-18(14-6-7-14)23(22-19)16-4-2-1-3-5-16/h1-5,8-11,14H,6-7,12-13H2. The number of thioether (sulfide) groups is 1. The first-order chi connectivity index (χ1) is 13.0. The van der Waals surface area contributed by atoms with Crippen LogP contribution in [0.1, 0.15) is 24.6 Å². The first-order valence-electron chi connectivity index (χ1n) is 8.66. The van der Waals surface area contributed by atoms with Gasteiger partial charge in [0.2, 0.25) is 5.16 Å². The van der Waals surface area contributed by atoms with Crippen LogP contribution in [-0.4, -0.2) is 34.7 Å². The fourth-order valence-electron chi connectivity index (χ4n) is 2.73. The zero-order chi connectivity index (χ0) is 18.9. The molecule has 0 aliphatic heterocycles. The Labute approximate surface area is 167 Å². The Hall–Kier alpha value is -1.83. The number of halogens is 1. The molecule has 0 N–H and O–H groups in total. The van der Waals surface area contributed by atoms with Crippen LogP contribution < -0.4 is 0 Å². The van der Waals surface area contributed by atoms with E-state index < -0.39 is 9.84 Å². The van der Waals surface area contributed by atoms with Crippen molar-refractivity contribution in [3.05, 3.63) is 65.4 Å². The Balaban J connectivity index is 1.46. The Bertz CT molecular complexity index is 1030. The van der Waals surface area contributed by atoms with Crippen LogP contribution in [0.15, 0.2) is 64.6 Å². The van der Waals surface area contributed by atoms with Crippen molar-refractivity contribution in [3.63, 3.8) is 0 Å². The fraction of sp³-hybridized carbons (Fsp3) is 0.263. The summed E-state index contributed by atoms with van der Waals surface area (Å²) in [5, 5.41) is 5.74. The number of hydrogen-bond acceptors (Lipinski definition) is 5. The van der Waals surface area contributed by atoms with Gasteiger partial charge in [-0.3, -0.25) is 0 Å². The van der Waals surface area contributed by atoms with E-state index in [4.69, 9.17) is 11.6 Å². The average molecular weight is 420 g/mol. The summed E-state index contributed by atoms with van der Waals surface area (Å²) in [4.78, 5) is 4.94. The molecule has 0 unspecified atom stereocenters.